The highest BCUT2D eigenvalue weighted by atomic mass is 32.1. The molecule has 0 spiro atoms. The Labute approximate surface area is 162 Å². The maximum Gasteiger partial charge on any atom is 0.421 e. The van der Waals surface area contributed by atoms with Crippen LogP contribution in [0.5, 0.6) is 0 Å². The number of hydrogen-bond donors (Lipinski definition) is 0. The predicted octanol–water partition coefficient (Wildman–Crippen LogP) is 3.71. The molecule has 0 saturated carbocycles. The van der Waals surface area contributed by atoms with E-state index in [0.717, 1.165) is 11.0 Å². The molecular formula is C19H15F3N3O2S+. The van der Waals surface area contributed by atoms with Crippen molar-refractivity contribution in [1.82, 2.24) is 4.90 Å². The van der Waals surface area contributed by atoms with Crippen LogP contribution < -0.4 is 0 Å². The molecule has 2 aromatic rings. The van der Waals surface area contributed by atoms with Gasteiger partial charge in [-0.25, -0.2) is 4.99 Å². The van der Waals surface area contributed by atoms with E-state index in [4.69, 9.17) is 4.42 Å². The zero-order valence-corrected chi connectivity index (χ0v) is 15.5. The largest absolute Gasteiger partial charge is 0.464 e. The molecule has 9 heteroatoms. The van der Waals surface area contributed by atoms with Crippen LogP contribution in [0.2, 0.25) is 0 Å². The van der Waals surface area contributed by atoms with Gasteiger partial charge in [-0.2, -0.15) is 17.7 Å². The van der Waals surface area contributed by atoms with Gasteiger partial charge in [0, 0.05) is 11.9 Å². The molecule has 4 rings (SSSR count). The lowest BCUT2D eigenvalue weighted by Gasteiger charge is -2.17. The van der Waals surface area contributed by atoms with Gasteiger partial charge in [-0.3, -0.25) is 4.79 Å². The number of carbonyl (C=O) groups excluding carboxylic acids is 1. The molecule has 28 heavy (non-hydrogen) atoms. The topological polar surface area (TPSA) is 48.8 Å². The van der Waals surface area contributed by atoms with Crippen LogP contribution >= 0.6 is 11.3 Å². The smallest absolute Gasteiger partial charge is 0.421 e. The van der Waals surface area contributed by atoms with Gasteiger partial charge in [0.25, 0.3) is 12.1 Å². The molecule has 2 aliphatic rings. The fourth-order valence-electron chi connectivity index (χ4n) is 3.04. The second-order valence-electron chi connectivity index (χ2n) is 6.36. The Morgan fingerprint density at radius 1 is 1.36 bits per heavy atom. The van der Waals surface area contributed by atoms with Crippen LogP contribution in [-0.2, 0) is 11.3 Å². The molecule has 5 nitrogen and oxygen atoms in total. The molecule has 0 N–H and O–H groups in total. The van der Waals surface area contributed by atoms with Crippen LogP contribution in [0.4, 0.5) is 13.2 Å². The minimum absolute atomic E-state index is 0.0175. The van der Waals surface area contributed by atoms with Crippen LogP contribution in [0.15, 0.2) is 63.2 Å². The lowest BCUT2D eigenvalue weighted by molar-refractivity contribution is -0.482. The van der Waals surface area contributed by atoms with Crippen LogP contribution in [-0.4, -0.2) is 46.7 Å². The van der Waals surface area contributed by atoms with Crippen LogP contribution in [0.1, 0.15) is 10.6 Å². The molecule has 2 aromatic heterocycles. The van der Waals surface area contributed by atoms with Gasteiger partial charge in [-0.1, -0.05) is 6.07 Å². The summed E-state index contributed by atoms with van der Waals surface area (Å²) in [5.74, 6) is -0.125. The van der Waals surface area contributed by atoms with E-state index in [9.17, 15) is 18.0 Å². The maximum atomic E-state index is 13.6. The number of allylic oxidation sites excluding steroid dienone is 2. The number of aliphatic imine (C=N–C) groups is 1. The Balaban J connectivity index is 1.65. The normalized spacial score (nSPS) is 18.8. The van der Waals surface area contributed by atoms with Gasteiger partial charge in [-0.15, -0.1) is 11.3 Å². The molecule has 1 amide bonds. The van der Waals surface area contributed by atoms with E-state index in [1.165, 1.54) is 39.5 Å². The molecule has 1 atom stereocenters. The molecule has 1 unspecified atom stereocenters. The van der Waals surface area contributed by atoms with E-state index < -0.39 is 23.8 Å². The van der Waals surface area contributed by atoms with E-state index >= 15 is 0 Å². The monoisotopic (exact) mass is 406 g/mol. The minimum Gasteiger partial charge on any atom is -0.464 e. The maximum absolute atomic E-state index is 13.6. The highest BCUT2D eigenvalue weighted by Crippen LogP contribution is 2.37. The summed E-state index contributed by atoms with van der Waals surface area (Å²) in [6.45, 7) is 0.365. The summed E-state index contributed by atoms with van der Waals surface area (Å²) >= 11 is 1.50. The Hall–Kier alpha value is -2.94. The van der Waals surface area contributed by atoms with E-state index in [0.29, 0.717) is 12.3 Å². The van der Waals surface area contributed by atoms with Crippen molar-refractivity contribution in [3.05, 3.63) is 64.4 Å². The van der Waals surface area contributed by atoms with Crippen molar-refractivity contribution in [2.24, 2.45) is 4.99 Å². The number of alkyl halides is 3. The van der Waals surface area contributed by atoms with Crippen molar-refractivity contribution < 1.29 is 27.0 Å². The fraction of sp³-hybridized carbons (Fsp3) is 0.211. The lowest BCUT2D eigenvalue weighted by atomic mass is 10.0. The second kappa shape index (κ2) is 6.90. The highest BCUT2D eigenvalue weighted by Gasteiger charge is 2.49. The SMILES string of the molecule is CN(Cc1cccs1)C(=O)C1=NC2C(C(F)(F)F)=CC(c3ccco3)=C[N+]2=C1. The molecule has 0 fully saturated rings. The number of hydrogen-bond acceptors (Lipinski definition) is 4. The molecule has 0 bridgehead atoms. The van der Waals surface area contributed by atoms with Crippen LogP contribution in [0.25, 0.3) is 5.57 Å². The number of nitrogens with zero attached hydrogens (tertiary/aromatic N) is 3. The summed E-state index contributed by atoms with van der Waals surface area (Å²) in [4.78, 5) is 19.2. The van der Waals surface area contributed by atoms with Crippen LogP contribution in [0.3, 0.4) is 0 Å². The number of carbonyl (C=O) groups is 1. The third-order valence-electron chi connectivity index (χ3n) is 4.36. The van der Waals surface area contributed by atoms with Gasteiger partial charge in [-0.05, 0) is 29.7 Å². The van der Waals surface area contributed by atoms with Crippen molar-refractivity contribution in [2.75, 3.05) is 7.05 Å². The predicted molar refractivity (Wildman–Crippen MR) is 99.2 cm³/mol. The number of amides is 1. The van der Waals surface area contributed by atoms with Gasteiger partial charge in [0.15, 0.2) is 11.9 Å². The average Bonchev–Trinajstić information content (AvgIpc) is 3.39. The number of fused-ring (bicyclic) bond motifs is 1. The zero-order valence-electron chi connectivity index (χ0n) is 14.7. The van der Waals surface area contributed by atoms with Crippen molar-refractivity contribution >= 4 is 34.7 Å². The third kappa shape index (κ3) is 3.45. The zero-order chi connectivity index (χ0) is 19.9. The van der Waals surface area contributed by atoms with E-state index in [1.807, 2.05) is 17.5 Å². The van der Waals surface area contributed by atoms with E-state index in [1.54, 1.807) is 19.2 Å². The van der Waals surface area contributed by atoms with Crippen LogP contribution in [0, 0.1) is 0 Å². The van der Waals surface area contributed by atoms with Gasteiger partial charge in [0.2, 0.25) is 6.21 Å². The lowest BCUT2D eigenvalue weighted by Crippen LogP contribution is -2.33. The average molecular weight is 406 g/mol. The highest BCUT2D eigenvalue weighted by molar-refractivity contribution is 7.09. The summed E-state index contributed by atoms with van der Waals surface area (Å²) < 4.78 is 47.3. The summed E-state index contributed by atoms with van der Waals surface area (Å²) in [6.07, 6.45) is -0.648. The Kier molecular flexibility index (Phi) is 4.54. The first-order valence-corrected chi connectivity index (χ1v) is 9.23. The second-order valence-corrected chi connectivity index (χ2v) is 7.40. The van der Waals surface area contributed by atoms with E-state index in [2.05, 4.69) is 4.99 Å². The molecule has 0 aromatic carbocycles. The molecule has 2 aliphatic heterocycles. The summed E-state index contributed by atoms with van der Waals surface area (Å²) in [6, 6.07) is 6.94. The third-order valence-corrected chi connectivity index (χ3v) is 5.23. The number of rotatable bonds is 4. The van der Waals surface area contributed by atoms with Gasteiger partial charge in [0.05, 0.1) is 18.4 Å². The van der Waals surface area contributed by atoms with Gasteiger partial charge in [0.1, 0.15) is 11.3 Å². The number of furan rings is 1. The first-order valence-electron chi connectivity index (χ1n) is 8.35. The minimum atomic E-state index is -4.59. The Morgan fingerprint density at radius 3 is 2.82 bits per heavy atom. The number of halogens is 3. The molecule has 0 radical (unpaired) electrons. The molecule has 144 valence electrons. The van der Waals surface area contributed by atoms with Crippen molar-refractivity contribution in [3.63, 3.8) is 0 Å². The van der Waals surface area contributed by atoms with E-state index in [-0.39, 0.29) is 11.3 Å². The van der Waals surface area contributed by atoms with Crippen molar-refractivity contribution in [3.8, 4) is 0 Å². The Bertz CT molecular complexity index is 1020. The summed E-state index contributed by atoms with van der Waals surface area (Å²) in [5.41, 5.74) is -0.599. The quantitative estimate of drug-likeness (QED) is 0.727. The number of thiophene rings is 1. The van der Waals surface area contributed by atoms with Gasteiger partial charge >= 0.3 is 6.18 Å². The first kappa shape index (κ1) is 18.4. The molecular weight excluding hydrogens is 391 g/mol. The summed E-state index contributed by atoms with van der Waals surface area (Å²) in [7, 11) is 1.60. The van der Waals surface area contributed by atoms with Crippen molar-refractivity contribution in [1.29, 1.82) is 0 Å². The molecule has 4 heterocycles. The van der Waals surface area contributed by atoms with Crippen molar-refractivity contribution in [2.45, 2.75) is 18.9 Å². The first-order chi connectivity index (χ1) is 13.3. The Morgan fingerprint density at radius 2 is 2.18 bits per heavy atom. The summed E-state index contributed by atoms with van der Waals surface area (Å²) in [5, 5.41) is 1.90. The molecule has 0 saturated heterocycles. The standard InChI is InChI=1S/C19H15F3N3O2S/c1-24(10-13-4-3-7-28-13)18(26)15-11-25-9-12(16-5-2-6-27-16)8-14(17(25)23-15)19(20,21)22/h2-9,11,17H,10H2,1H3/q+1. The molecule has 0 aliphatic carbocycles. The fourth-order valence-corrected chi connectivity index (χ4v) is 3.80. The van der Waals surface area contributed by atoms with Gasteiger partial charge < -0.3 is 9.32 Å².